The fraction of sp³-hybridized carbons (Fsp3) is 0.375. The zero-order valence-corrected chi connectivity index (χ0v) is 11.9. The Kier molecular flexibility index (Phi) is 4.10. The van der Waals surface area contributed by atoms with Crippen LogP contribution in [0.4, 0.5) is 10.3 Å². The third kappa shape index (κ3) is 3.55. The largest absolute Gasteiger partial charge is 0.341 e. The Morgan fingerprint density at radius 3 is 2.29 bits per heavy atom. The van der Waals surface area contributed by atoms with Gasteiger partial charge in [0.25, 0.3) is 0 Å². The van der Waals surface area contributed by atoms with Crippen LogP contribution >= 0.6 is 0 Å². The Labute approximate surface area is 123 Å². The smallest absolute Gasteiger partial charge is 0.225 e. The van der Waals surface area contributed by atoms with E-state index in [-0.39, 0.29) is 5.82 Å². The van der Waals surface area contributed by atoms with Crippen LogP contribution < -0.4 is 10.6 Å². The average Bonchev–Trinajstić information content (AvgIpc) is 2.51. The number of hydrogen-bond acceptors (Lipinski definition) is 4. The molecule has 1 aromatic carbocycles. The summed E-state index contributed by atoms with van der Waals surface area (Å²) in [5, 5.41) is 0. The summed E-state index contributed by atoms with van der Waals surface area (Å²) in [6.07, 6.45) is 6.38. The van der Waals surface area contributed by atoms with E-state index in [1.54, 1.807) is 12.1 Å². The number of aromatic nitrogens is 2. The third-order valence-electron chi connectivity index (χ3n) is 3.84. The molecule has 0 aliphatic carbocycles. The molecule has 3 rings (SSSR count). The van der Waals surface area contributed by atoms with Crippen molar-refractivity contribution in [2.75, 3.05) is 18.0 Å². The van der Waals surface area contributed by atoms with Gasteiger partial charge in [0.2, 0.25) is 5.95 Å². The summed E-state index contributed by atoms with van der Waals surface area (Å²) < 4.78 is 12.9. The molecule has 0 saturated carbocycles. The first-order valence-corrected chi connectivity index (χ1v) is 7.26. The van der Waals surface area contributed by atoms with Crippen LogP contribution in [-0.4, -0.2) is 29.1 Å². The third-order valence-corrected chi connectivity index (χ3v) is 3.84. The number of rotatable bonds is 3. The number of hydrogen-bond donors (Lipinski definition) is 1. The highest BCUT2D eigenvalue weighted by Gasteiger charge is 2.17. The Balaban J connectivity index is 1.65. The normalized spacial score (nSPS) is 16.2. The van der Waals surface area contributed by atoms with E-state index in [0.29, 0.717) is 12.5 Å². The number of benzene rings is 1. The Bertz CT molecular complexity index is 574. The molecule has 5 heteroatoms. The van der Waals surface area contributed by atoms with Gasteiger partial charge < -0.3 is 10.6 Å². The lowest BCUT2D eigenvalue weighted by atomic mass is 10.1. The van der Waals surface area contributed by atoms with E-state index in [0.717, 1.165) is 43.0 Å². The van der Waals surface area contributed by atoms with Crippen molar-refractivity contribution in [3.8, 4) is 0 Å². The molecular formula is C16H19FN4. The van der Waals surface area contributed by atoms with Crippen LogP contribution in [0.3, 0.4) is 0 Å². The lowest BCUT2D eigenvalue weighted by Crippen LogP contribution is -2.40. The molecule has 1 aliphatic heterocycles. The van der Waals surface area contributed by atoms with Crippen molar-refractivity contribution in [3.63, 3.8) is 0 Å². The summed E-state index contributed by atoms with van der Waals surface area (Å²) in [5.74, 6) is 0.554. The van der Waals surface area contributed by atoms with Gasteiger partial charge in [-0.05, 0) is 36.1 Å². The molecule has 0 unspecified atom stereocenters. The van der Waals surface area contributed by atoms with Crippen molar-refractivity contribution >= 4 is 5.95 Å². The molecule has 110 valence electrons. The van der Waals surface area contributed by atoms with Crippen LogP contribution in [0.1, 0.15) is 24.0 Å². The first-order valence-electron chi connectivity index (χ1n) is 7.26. The topological polar surface area (TPSA) is 55.0 Å². The Morgan fingerprint density at radius 2 is 1.67 bits per heavy atom. The molecule has 0 atom stereocenters. The van der Waals surface area contributed by atoms with Gasteiger partial charge in [0.15, 0.2) is 0 Å². The van der Waals surface area contributed by atoms with Crippen LogP contribution in [0, 0.1) is 5.82 Å². The first-order chi connectivity index (χ1) is 10.2. The number of piperidine rings is 1. The molecule has 1 fully saturated rings. The average molecular weight is 286 g/mol. The molecule has 2 aromatic rings. The number of anilines is 1. The molecular weight excluding hydrogens is 267 g/mol. The van der Waals surface area contributed by atoms with Gasteiger partial charge in [0, 0.05) is 37.9 Å². The van der Waals surface area contributed by atoms with E-state index < -0.39 is 0 Å². The van der Waals surface area contributed by atoms with Crippen LogP contribution in [0.25, 0.3) is 0 Å². The van der Waals surface area contributed by atoms with E-state index in [1.807, 2.05) is 12.4 Å². The first kappa shape index (κ1) is 13.9. The summed E-state index contributed by atoms with van der Waals surface area (Å²) in [7, 11) is 0. The van der Waals surface area contributed by atoms with Crippen LogP contribution in [0.15, 0.2) is 36.7 Å². The van der Waals surface area contributed by atoms with E-state index in [2.05, 4.69) is 14.9 Å². The van der Waals surface area contributed by atoms with Gasteiger partial charge in [-0.1, -0.05) is 12.1 Å². The maximum atomic E-state index is 12.9. The van der Waals surface area contributed by atoms with E-state index in [1.165, 1.54) is 12.1 Å². The fourth-order valence-corrected chi connectivity index (χ4v) is 2.54. The predicted molar refractivity (Wildman–Crippen MR) is 80.7 cm³/mol. The number of nitrogens with two attached hydrogens (primary N) is 1. The summed E-state index contributed by atoms with van der Waals surface area (Å²) in [4.78, 5) is 11.1. The maximum absolute atomic E-state index is 12.9. The standard InChI is InChI=1S/C16H19FN4/c17-14-3-1-12(2-4-14)9-13-10-19-16(20-11-13)21-7-5-15(18)6-8-21/h1-4,10-11,15H,5-9,18H2. The zero-order chi connectivity index (χ0) is 14.7. The number of nitrogens with zero attached hydrogens (tertiary/aromatic N) is 3. The fourth-order valence-electron chi connectivity index (χ4n) is 2.54. The zero-order valence-electron chi connectivity index (χ0n) is 11.9. The monoisotopic (exact) mass is 286 g/mol. The van der Waals surface area contributed by atoms with Gasteiger partial charge >= 0.3 is 0 Å². The van der Waals surface area contributed by atoms with Gasteiger partial charge in [-0.15, -0.1) is 0 Å². The maximum Gasteiger partial charge on any atom is 0.225 e. The Morgan fingerprint density at radius 1 is 1.05 bits per heavy atom. The summed E-state index contributed by atoms with van der Waals surface area (Å²) in [5.41, 5.74) is 7.98. The van der Waals surface area contributed by atoms with E-state index >= 15 is 0 Å². The second-order valence-electron chi connectivity index (χ2n) is 5.52. The van der Waals surface area contributed by atoms with Crippen LogP contribution in [0.2, 0.25) is 0 Å². The van der Waals surface area contributed by atoms with Gasteiger partial charge in [-0.25, -0.2) is 14.4 Å². The molecule has 1 saturated heterocycles. The van der Waals surface area contributed by atoms with Crippen molar-refractivity contribution in [1.82, 2.24) is 9.97 Å². The van der Waals surface area contributed by atoms with E-state index in [9.17, 15) is 4.39 Å². The molecule has 1 aliphatic rings. The minimum absolute atomic E-state index is 0.214. The van der Waals surface area contributed by atoms with Crippen molar-refractivity contribution in [2.45, 2.75) is 25.3 Å². The predicted octanol–water partition coefficient (Wildman–Crippen LogP) is 2.13. The van der Waals surface area contributed by atoms with Gasteiger partial charge in [0.05, 0.1) is 0 Å². The molecule has 21 heavy (non-hydrogen) atoms. The quantitative estimate of drug-likeness (QED) is 0.939. The lowest BCUT2D eigenvalue weighted by molar-refractivity contribution is 0.495. The van der Waals surface area contributed by atoms with Gasteiger partial charge in [-0.2, -0.15) is 0 Å². The van der Waals surface area contributed by atoms with Crippen molar-refractivity contribution in [2.24, 2.45) is 5.73 Å². The molecule has 1 aromatic heterocycles. The highest BCUT2D eigenvalue weighted by molar-refractivity contribution is 5.32. The van der Waals surface area contributed by atoms with Crippen LogP contribution in [-0.2, 0) is 6.42 Å². The highest BCUT2D eigenvalue weighted by atomic mass is 19.1. The lowest BCUT2D eigenvalue weighted by Gasteiger charge is -2.30. The Hall–Kier alpha value is -2.01. The molecule has 0 amide bonds. The molecule has 0 radical (unpaired) electrons. The number of halogens is 1. The molecule has 4 nitrogen and oxygen atoms in total. The minimum atomic E-state index is -0.214. The van der Waals surface area contributed by atoms with Gasteiger partial charge in [-0.3, -0.25) is 0 Å². The molecule has 2 heterocycles. The van der Waals surface area contributed by atoms with Crippen molar-refractivity contribution in [1.29, 1.82) is 0 Å². The second kappa shape index (κ2) is 6.18. The highest BCUT2D eigenvalue weighted by Crippen LogP contribution is 2.16. The van der Waals surface area contributed by atoms with Crippen LogP contribution in [0.5, 0.6) is 0 Å². The second-order valence-corrected chi connectivity index (χ2v) is 5.52. The summed E-state index contributed by atoms with van der Waals surface area (Å²) in [6, 6.07) is 6.83. The SMILES string of the molecule is NC1CCN(c2ncc(Cc3ccc(F)cc3)cn2)CC1. The van der Waals surface area contributed by atoms with Crippen molar-refractivity contribution in [3.05, 3.63) is 53.6 Å². The van der Waals surface area contributed by atoms with Crippen molar-refractivity contribution < 1.29 is 4.39 Å². The minimum Gasteiger partial charge on any atom is -0.341 e. The molecule has 2 N–H and O–H groups in total. The van der Waals surface area contributed by atoms with Gasteiger partial charge in [0.1, 0.15) is 5.82 Å². The summed E-state index contributed by atoms with van der Waals surface area (Å²) in [6.45, 7) is 1.83. The van der Waals surface area contributed by atoms with E-state index in [4.69, 9.17) is 5.73 Å². The molecule has 0 spiro atoms. The summed E-state index contributed by atoms with van der Waals surface area (Å²) >= 11 is 0. The molecule has 0 bridgehead atoms.